The second-order valence-electron chi connectivity index (χ2n) is 7.76. The summed E-state index contributed by atoms with van der Waals surface area (Å²) >= 11 is 0. The highest BCUT2D eigenvalue weighted by Gasteiger charge is 2.32. The third-order valence-corrected chi connectivity index (χ3v) is 5.70. The van der Waals surface area contributed by atoms with Crippen molar-refractivity contribution in [3.63, 3.8) is 0 Å². The molecule has 2 heterocycles. The van der Waals surface area contributed by atoms with Gasteiger partial charge in [-0.05, 0) is 66.4 Å². The molecule has 1 aromatic heterocycles. The van der Waals surface area contributed by atoms with Crippen LogP contribution in [0.3, 0.4) is 0 Å². The maximum absolute atomic E-state index is 11.9. The molecule has 0 aliphatic carbocycles. The quantitative estimate of drug-likeness (QED) is 0.641. The average Bonchev–Trinajstić information content (AvgIpc) is 2.78. The maximum Gasteiger partial charge on any atom is 0.217 e. The van der Waals surface area contributed by atoms with Gasteiger partial charge in [-0.3, -0.25) is 9.78 Å². The number of aromatic nitrogens is 1. The normalized spacial score (nSPS) is 17.6. The van der Waals surface area contributed by atoms with Crippen LogP contribution >= 0.6 is 0 Å². The molecule has 6 nitrogen and oxygen atoms in total. The van der Waals surface area contributed by atoms with E-state index in [4.69, 9.17) is 9.47 Å². The fourth-order valence-corrected chi connectivity index (χ4v) is 4.33. The van der Waals surface area contributed by atoms with E-state index in [1.807, 2.05) is 30.5 Å². The van der Waals surface area contributed by atoms with Gasteiger partial charge in [0.2, 0.25) is 5.91 Å². The van der Waals surface area contributed by atoms with E-state index in [2.05, 4.69) is 46.4 Å². The lowest BCUT2D eigenvalue weighted by Gasteiger charge is -2.41. The number of nitrogens with zero attached hydrogens (tertiary/aromatic N) is 2. The van der Waals surface area contributed by atoms with Crippen LogP contribution < -0.4 is 19.7 Å². The minimum Gasteiger partial charge on any atom is -0.493 e. The first-order valence-electron chi connectivity index (χ1n) is 10.3. The maximum atomic E-state index is 11.9. The molecule has 2 atom stereocenters. The van der Waals surface area contributed by atoms with Crippen LogP contribution in [0.4, 0.5) is 11.4 Å². The Morgan fingerprint density at radius 3 is 2.48 bits per heavy atom. The topological polar surface area (TPSA) is 63.7 Å². The minimum atomic E-state index is -0.0597. The summed E-state index contributed by atoms with van der Waals surface area (Å²) in [5.74, 6) is 1.34. The van der Waals surface area contributed by atoms with E-state index in [0.717, 1.165) is 34.5 Å². The van der Waals surface area contributed by atoms with Gasteiger partial charge < -0.3 is 19.7 Å². The molecule has 2 unspecified atom stereocenters. The molecule has 1 amide bonds. The summed E-state index contributed by atoms with van der Waals surface area (Å²) in [6.45, 7) is 3.74. The molecule has 6 heteroatoms. The van der Waals surface area contributed by atoms with E-state index in [0.29, 0.717) is 11.5 Å². The molecule has 3 aromatic rings. The molecule has 160 valence electrons. The van der Waals surface area contributed by atoms with Crippen molar-refractivity contribution in [2.24, 2.45) is 0 Å². The van der Waals surface area contributed by atoms with Crippen molar-refractivity contribution in [3.05, 3.63) is 66.5 Å². The smallest absolute Gasteiger partial charge is 0.217 e. The van der Waals surface area contributed by atoms with E-state index in [1.165, 1.54) is 0 Å². The van der Waals surface area contributed by atoms with Crippen LogP contribution in [0.2, 0.25) is 0 Å². The Morgan fingerprint density at radius 2 is 1.81 bits per heavy atom. The predicted octanol–water partition coefficient (Wildman–Crippen LogP) is 4.87. The number of nitrogens with one attached hydrogen (secondary N) is 1. The summed E-state index contributed by atoms with van der Waals surface area (Å²) in [4.78, 5) is 18.5. The van der Waals surface area contributed by atoms with E-state index < -0.39 is 0 Å². The Kier molecular flexibility index (Phi) is 5.80. The third-order valence-electron chi connectivity index (χ3n) is 5.70. The Hall–Kier alpha value is -3.54. The van der Waals surface area contributed by atoms with Crippen LogP contribution in [-0.4, -0.2) is 31.2 Å². The van der Waals surface area contributed by atoms with Gasteiger partial charge in [0.25, 0.3) is 0 Å². The monoisotopic (exact) mass is 417 g/mol. The molecule has 0 fully saturated rings. The van der Waals surface area contributed by atoms with Crippen molar-refractivity contribution < 1.29 is 14.3 Å². The van der Waals surface area contributed by atoms with Crippen molar-refractivity contribution in [1.82, 2.24) is 10.3 Å². The Labute approximate surface area is 182 Å². The number of fused-ring (bicyclic) bond motifs is 1. The molecule has 0 saturated carbocycles. The van der Waals surface area contributed by atoms with Gasteiger partial charge in [-0.15, -0.1) is 0 Å². The molecular weight excluding hydrogens is 390 g/mol. The zero-order chi connectivity index (χ0) is 22.0. The van der Waals surface area contributed by atoms with Gasteiger partial charge in [-0.1, -0.05) is 12.1 Å². The lowest BCUT2D eigenvalue weighted by molar-refractivity contribution is -0.119. The highest BCUT2D eigenvalue weighted by atomic mass is 16.5. The molecule has 31 heavy (non-hydrogen) atoms. The highest BCUT2D eigenvalue weighted by Crippen LogP contribution is 2.43. The van der Waals surface area contributed by atoms with Crippen molar-refractivity contribution >= 4 is 17.3 Å². The molecule has 0 radical (unpaired) electrons. The first-order valence-corrected chi connectivity index (χ1v) is 10.3. The van der Waals surface area contributed by atoms with Crippen molar-refractivity contribution in [1.29, 1.82) is 0 Å². The standard InChI is InChI=1S/C25H27N3O3/c1-16-12-22(27-17(2)29)21-13-18(19-8-10-24(30-3)25(14-19)31-4)7-9-23(21)28(16)20-6-5-11-26-15-20/h5-11,13-16,22H,12H2,1-4H3,(H,27,29). The fourth-order valence-electron chi connectivity index (χ4n) is 4.33. The Morgan fingerprint density at radius 1 is 1.06 bits per heavy atom. The number of hydrogen-bond donors (Lipinski definition) is 1. The lowest BCUT2D eigenvalue weighted by atomic mass is 9.88. The summed E-state index contributed by atoms with van der Waals surface area (Å²) in [6.07, 6.45) is 4.46. The molecule has 0 bridgehead atoms. The van der Waals surface area contributed by atoms with Crippen LogP contribution in [0.5, 0.6) is 11.5 Å². The Bertz CT molecular complexity index is 1080. The molecule has 2 aromatic carbocycles. The van der Waals surface area contributed by atoms with E-state index >= 15 is 0 Å². The third kappa shape index (κ3) is 4.06. The van der Waals surface area contributed by atoms with E-state index in [9.17, 15) is 4.79 Å². The van der Waals surface area contributed by atoms with Crippen LogP contribution in [0, 0.1) is 0 Å². The summed E-state index contributed by atoms with van der Waals surface area (Å²) in [5, 5.41) is 3.13. The van der Waals surface area contributed by atoms with Crippen LogP contribution in [0.15, 0.2) is 60.9 Å². The van der Waals surface area contributed by atoms with Gasteiger partial charge in [0, 0.05) is 24.8 Å². The first kappa shape index (κ1) is 20.7. The molecule has 1 aliphatic rings. The summed E-state index contributed by atoms with van der Waals surface area (Å²) in [7, 11) is 3.26. The molecule has 1 aliphatic heterocycles. The van der Waals surface area contributed by atoms with Crippen molar-refractivity contribution in [2.45, 2.75) is 32.4 Å². The number of anilines is 2. The van der Waals surface area contributed by atoms with E-state index in [-0.39, 0.29) is 18.0 Å². The first-order chi connectivity index (χ1) is 15.0. The number of methoxy groups -OCH3 is 2. The van der Waals surface area contributed by atoms with Gasteiger partial charge >= 0.3 is 0 Å². The molecular formula is C25H27N3O3. The zero-order valence-electron chi connectivity index (χ0n) is 18.3. The molecule has 0 saturated heterocycles. The highest BCUT2D eigenvalue weighted by molar-refractivity contribution is 5.78. The number of carbonyl (C=O) groups excluding carboxylic acids is 1. The number of pyridine rings is 1. The SMILES string of the molecule is COc1ccc(-c2ccc3c(c2)C(NC(C)=O)CC(C)N3c2cccnc2)cc1OC. The van der Waals surface area contributed by atoms with Crippen molar-refractivity contribution in [3.8, 4) is 22.6 Å². The number of rotatable bonds is 5. The largest absolute Gasteiger partial charge is 0.493 e. The average molecular weight is 418 g/mol. The second-order valence-corrected chi connectivity index (χ2v) is 7.76. The molecule has 4 rings (SSSR count). The number of carbonyl (C=O) groups is 1. The summed E-state index contributed by atoms with van der Waals surface area (Å²) in [6, 6.07) is 16.4. The Balaban J connectivity index is 1.82. The van der Waals surface area contributed by atoms with Gasteiger partial charge in [0.15, 0.2) is 11.5 Å². The summed E-state index contributed by atoms with van der Waals surface area (Å²) in [5.41, 5.74) is 5.28. The number of benzene rings is 2. The fraction of sp³-hybridized carbons (Fsp3) is 0.280. The zero-order valence-corrected chi connectivity index (χ0v) is 18.3. The van der Waals surface area contributed by atoms with Crippen LogP contribution in [0.1, 0.15) is 31.9 Å². The molecule has 1 N–H and O–H groups in total. The second kappa shape index (κ2) is 8.68. The number of hydrogen-bond acceptors (Lipinski definition) is 5. The predicted molar refractivity (Wildman–Crippen MR) is 122 cm³/mol. The van der Waals surface area contributed by atoms with Gasteiger partial charge in [0.05, 0.1) is 32.1 Å². The van der Waals surface area contributed by atoms with E-state index in [1.54, 1.807) is 27.3 Å². The number of ether oxygens (including phenoxy) is 2. The summed E-state index contributed by atoms with van der Waals surface area (Å²) < 4.78 is 10.8. The van der Waals surface area contributed by atoms with Gasteiger partial charge in [-0.25, -0.2) is 0 Å². The van der Waals surface area contributed by atoms with Gasteiger partial charge in [0.1, 0.15) is 0 Å². The molecule has 0 spiro atoms. The van der Waals surface area contributed by atoms with Crippen LogP contribution in [0.25, 0.3) is 11.1 Å². The van der Waals surface area contributed by atoms with Crippen LogP contribution in [-0.2, 0) is 4.79 Å². The van der Waals surface area contributed by atoms with Crippen molar-refractivity contribution in [2.75, 3.05) is 19.1 Å². The number of amides is 1. The minimum absolute atomic E-state index is 0.0329. The van der Waals surface area contributed by atoms with Gasteiger partial charge in [-0.2, -0.15) is 0 Å². The lowest BCUT2D eigenvalue weighted by Crippen LogP contribution is -2.40.